The minimum absolute atomic E-state index is 0.581. The molecule has 0 saturated carbocycles. The summed E-state index contributed by atoms with van der Waals surface area (Å²) in [6.07, 6.45) is 1.07. The largest absolute Gasteiger partial charge is 0.305 e. The fourth-order valence-electron chi connectivity index (χ4n) is 1.66. The predicted molar refractivity (Wildman–Crippen MR) is 63.8 cm³/mol. The van der Waals surface area contributed by atoms with Crippen molar-refractivity contribution in [1.82, 2.24) is 5.48 Å². The average Bonchev–Trinajstić information content (AvgIpc) is 2.25. The highest BCUT2D eigenvalue weighted by Crippen LogP contribution is 2.19. The van der Waals surface area contributed by atoms with Crippen LogP contribution >= 0.6 is 0 Å². The third-order valence-electron chi connectivity index (χ3n) is 2.68. The first-order chi connectivity index (χ1) is 7.19. The van der Waals surface area contributed by atoms with E-state index in [4.69, 9.17) is 4.84 Å². The van der Waals surface area contributed by atoms with Gasteiger partial charge in [-0.05, 0) is 29.0 Å². The molecule has 1 aromatic rings. The maximum absolute atomic E-state index is 4.90. The molecule has 0 aliphatic heterocycles. The molecular weight excluding hydrogens is 186 g/mol. The average molecular weight is 207 g/mol. The van der Waals surface area contributed by atoms with Crippen molar-refractivity contribution in [2.45, 2.75) is 39.7 Å². The molecule has 0 bridgehead atoms. The number of hydroxylamine groups is 1. The second-order valence-corrected chi connectivity index (χ2v) is 4.06. The predicted octanol–water partition coefficient (Wildman–Crippen LogP) is 3.02. The second-order valence-electron chi connectivity index (χ2n) is 4.06. The zero-order valence-electron chi connectivity index (χ0n) is 10.1. The van der Waals surface area contributed by atoms with Crippen molar-refractivity contribution in [1.29, 1.82) is 0 Å². The van der Waals surface area contributed by atoms with E-state index in [0.29, 0.717) is 5.92 Å². The number of rotatable bonds is 5. The van der Waals surface area contributed by atoms with Crippen LogP contribution in [0.2, 0.25) is 0 Å². The smallest absolute Gasteiger partial charge is 0.0572 e. The van der Waals surface area contributed by atoms with Gasteiger partial charge in [-0.2, -0.15) is 5.48 Å². The van der Waals surface area contributed by atoms with Crippen molar-refractivity contribution in [2.24, 2.45) is 0 Å². The molecule has 0 aromatic heterocycles. The highest BCUT2D eigenvalue weighted by Gasteiger charge is 2.04. The summed E-state index contributed by atoms with van der Waals surface area (Å²) in [6, 6.07) is 6.72. The van der Waals surface area contributed by atoms with Gasteiger partial charge in [0.1, 0.15) is 0 Å². The molecule has 0 radical (unpaired) electrons. The second kappa shape index (κ2) is 5.89. The van der Waals surface area contributed by atoms with Crippen LogP contribution in [0.1, 0.15) is 43.4 Å². The fraction of sp³-hybridized carbons (Fsp3) is 0.538. The lowest BCUT2D eigenvalue weighted by atomic mass is 9.96. The van der Waals surface area contributed by atoms with Crippen molar-refractivity contribution in [3.8, 4) is 0 Å². The maximum atomic E-state index is 4.90. The molecule has 0 spiro atoms. The molecular formula is C13H21NO. The molecule has 0 aliphatic carbocycles. The van der Waals surface area contributed by atoms with Gasteiger partial charge < -0.3 is 4.84 Å². The van der Waals surface area contributed by atoms with Gasteiger partial charge in [0, 0.05) is 6.54 Å². The molecule has 2 heteroatoms. The van der Waals surface area contributed by atoms with Gasteiger partial charge in [0.15, 0.2) is 0 Å². The molecule has 0 heterocycles. The van der Waals surface area contributed by atoms with Crippen molar-refractivity contribution < 1.29 is 4.84 Å². The van der Waals surface area contributed by atoms with Gasteiger partial charge in [-0.3, -0.25) is 0 Å². The van der Waals surface area contributed by atoms with Crippen LogP contribution in [0.15, 0.2) is 18.2 Å². The van der Waals surface area contributed by atoms with E-state index >= 15 is 0 Å². The maximum Gasteiger partial charge on any atom is 0.0572 e. The molecule has 1 N–H and O–H groups in total. The molecule has 0 aliphatic rings. The summed E-state index contributed by atoms with van der Waals surface area (Å²) in [5, 5.41) is 0. The van der Waals surface area contributed by atoms with Crippen molar-refractivity contribution in [3.05, 3.63) is 34.9 Å². The Morgan fingerprint density at radius 3 is 2.53 bits per heavy atom. The van der Waals surface area contributed by atoms with Crippen LogP contribution in [-0.2, 0) is 17.8 Å². The first-order valence-electron chi connectivity index (χ1n) is 5.56. The molecule has 1 rings (SSSR count). The van der Waals surface area contributed by atoms with E-state index in [1.54, 1.807) is 7.11 Å². The lowest BCUT2D eigenvalue weighted by Gasteiger charge is -2.12. The summed E-state index contributed by atoms with van der Waals surface area (Å²) < 4.78 is 0. The van der Waals surface area contributed by atoms with E-state index in [1.807, 2.05) is 0 Å². The Bertz CT molecular complexity index is 307. The van der Waals surface area contributed by atoms with E-state index in [0.717, 1.165) is 13.0 Å². The quantitative estimate of drug-likeness (QED) is 0.749. The number of nitrogens with one attached hydrogen (secondary N) is 1. The van der Waals surface area contributed by atoms with E-state index < -0.39 is 0 Å². The number of benzene rings is 1. The van der Waals surface area contributed by atoms with Crippen LogP contribution < -0.4 is 5.48 Å². The van der Waals surface area contributed by atoms with Gasteiger partial charge in [-0.15, -0.1) is 0 Å². The van der Waals surface area contributed by atoms with Gasteiger partial charge in [-0.25, -0.2) is 0 Å². The SMILES string of the molecule is CCc1ccc(C(C)C)cc1CNOC. The number of aryl methyl sites for hydroxylation is 1. The Hall–Kier alpha value is -0.860. The van der Waals surface area contributed by atoms with Crippen molar-refractivity contribution in [3.63, 3.8) is 0 Å². The first kappa shape index (κ1) is 12.2. The Balaban J connectivity index is 2.91. The zero-order valence-corrected chi connectivity index (χ0v) is 10.1. The van der Waals surface area contributed by atoms with Gasteiger partial charge in [0.25, 0.3) is 0 Å². The fourth-order valence-corrected chi connectivity index (χ4v) is 1.66. The summed E-state index contributed by atoms with van der Waals surface area (Å²) in [7, 11) is 1.65. The minimum atomic E-state index is 0.581. The molecule has 0 saturated heterocycles. The summed E-state index contributed by atoms with van der Waals surface area (Å²) in [5.74, 6) is 0.581. The molecule has 0 fully saturated rings. The lowest BCUT2D eigenvalue weighted by Crippen LogP contribution is -2.12. The molecule has 15 heavy (non-hydrogen) atoms. The molecule has 0 atom stereocenters. The minimum Gasteiger partial charge on any atom is -0.305 e. The van der Waals surface area contributed by atoms with E-state index in [9.17, 15) is 0 Å². The van der Waals surface area contributed by atoms with Crippen LogP contribution in [-0.4, -0.2) is 7.11 Å². The highest BCUT2D eigenvalue weighted by molar-refractivity contribution is 5.33. The van der Waals surface area contributed by atoms with Crippen molar-refractivity contribution >= 4 is 0 Å². The number of hydrogen-bond donors (Lipinski definition) is 1. The monoisotopic (exact) mass is 207 g/mol. The van der Waals surface area contributed by atoms with Gasteiger partial charge in [0.2, 0.25) is 0 Å². The van der Waals surface area contributed by atoms with Gasteiger partial charge in [-0.1, -0.05) is 39.0 Å². The van der Waals surface area contributed by atoms with E-state index in [-0.39, 0.29) is 0 Å². The van der Waals surface area contributed by atoms with E-state index in [2.05, 4.69) is 44.5 Å². The van der Waals surface area contributed by atoms with Crippen LogP contribution in [0, 0.1) is 0 Å². The number of hydrogen-bond acceptors (Lipinski definition) is 2. The standard InChI is InChI=1S/C13H21NO/c1-5-11-6-7-12(10(2)3)8-13(11)9-14-15-4/h6-8,10,14H,5,9H2,1-4H3. The first-order valence-corrected chi connectivity index (χ1v) is 5.56. The Morgan fingerprint density at radius 1 is 1.27 bits per heavy atom. The van der Waals surface area contributed by atoms with Crippen LogP contribution in [0.5, 0.6) is 0 Å². The lowest BCUT2D eigenvalue weighted by molar-refractivity contribution is 0.0865. The van der Waals surface area contributed by atoms with Crippen LogP contribution in [0.3, 0.4) is 0 Å². The summed E-state index contributed by atoms with van der Waals surface area (Å²) in [4.78, 5) is 4.90. The zero-order chi connectivity index (χ0) is 11.3. The molecule has 0 unspecified atom stereocenters. The molecule has 2 nitrogen and oxygen atoms in total. The molecule has 84 valence electrons. The highest BCUT2D eigenvalue weighted by atomic mass is 16.6. The van der Waals surface area contributed by atoms with Crippen molar-refractivity contribution in [2.75, 3.05) is 7.11 Å². The van der Waals surface area contributed by atoms with Gasteiger partial charge in [0.05, 0.1) is 7.11 Å². The summed E-state index contributed by atoms with van der Waals surface area (Å²) in [6.45, 7) is 7.39. The summed E-state index contributed by atoms with van der Waals surface area (Å²) in [5.41, 5.74) is 7.03. The third kappa shape index (κ3) is 3.33. The topological polar surface area (TPSA) is 21.3 Å². The van der Waals surface area contributed by atoms with E-state index in [1.165, 1.54) is 16.7 Å². The van der Waals surface area contributed by atoms with Crippen LogP contribution in [0.25, 0.3) is 0 Å². The normalized spacial score (nSPS) is 11.0. The van der Waals surface area contributed by atoms with Gasteiger partial charge >= 0.3 is 0 Å². The molecule has 0 amide bonds. The third-order valence-corrected chi connectivity index (χ3v) is 2.68. The Morgan fingerprint density at radius 2 is 2.00 bits per heavy atom. The molecule has 1 aromatic carbocycles. The van der Waals surface area contributed by atoms with Crippen LogP contribution in [0.4, 0.5) is 0 Å². The Kier molecular flexibility index (Phi) is 4.79. The summed E-state index contributed by atoms with van der Waals surface area (Å²) >= 11 is 0. The Labute approximate surface area is 92.6 Å².